The minimum absolute atomic E-state index is 0.342. The van der Waals surface area contributed by atoms with Crippen LogP contribution in [0.1, 0.15) is 5.56 Å². The van der Waals surface area contributed by atoms with Crippen LogP contribution in [0, 0.1) is 0 Å². The predicted octanol–water partition coefficient (Wildman–Crippen LogP) is 3.82. The number of para-hydroxylation sites is 2. The standard InChI is InChI=1S/C17H18N2OS/c1-20-16-10-6-5-9-15(16)19-17-18-14(12-21-17)11-13-7-3-2-4-8-13/h2-10,14H,11-12H2,1H3,(H,18,19). The first-order valence-electron chi connectivity index (χ1n) is 7.00. The molecular formula is C17H18N2OS. The van der Waals surface area contributed by atoms with E-state index in [2.05, 4.69) is 29.6 Å². The van der Waals surface area contributed by atoms with Crippen molar-refractivity contribution in [3.8, 4) is 5.75 Å². The van der Waals surface area contributed by atoms with E-state index in [1.165, 1.54) is 5.56 Å². The number of benzene rings is 2. The van der Waals surface area contributed by atoms with E-state index < -0.39 is 0 Å². The monoisotopic (exact) mass is 298 g/mol. The first-order chi connectivity index (χ1) is 10.3. The van der Waals surface area contributed by atoms with Gasteiger partial charge in [0.05, 0.1) is 18.8 Å². The Labute approximate surface area is 129 Å². The maximum atomic E-state index is 5.35. The van der Waals surface area contributed by atoms with Crippen LogP contribution in [-0.4, -0.2) is 24.1 Å². The number of aliphatic imine (C=N–C) groups is 1. The van der Waals surface area contributed by atoms with Gasteiger partial charge in [-0.05, 0) is 24.1 Å². The fraction of sp³-hybridized carbons (Fsp3) is 0.235. The number of amidine groups is 1. The zero-order valence-electron chi connectivity index (χ0n) is 12.0. The lowest BCUT2D eigenvalue weighted by atomic mass is 10.1. The molecule has 21 heavy (non-hydrogen) atoms. The van der Waals surface area contributed by atoms with Gasteiger partial charge in [-0.1, -0.05) is 54.2 Å². The van der Waals surface area contributed by atoms with Crippen LogP contribution in [0.2, 0.25) is 0 Å². The fourth-order valence-electron chi connectivity index (χ4n) is 2.34. The minimum Gasteiger partial charge on any atom is -0.495 e. The number of hydrogen-bond donors (Lipinski definition) is 1. The number of nitrogens with zero attached hydrogens (tertiary/aromatic N) is 1. The summed E-state index contributed by atoms with van der Waals surface area (Å²) in [5.41, 5.74) is 2.30. The van der Waals surface area contributed by atoms with Crippen LogP contribution in [0.15, 0.2) is 59.6 Å². The van der Waals surface area contributed by atoms with E-state index in [1.54, 1.807) is 18.9 Å². The minimum atomic E-state index is 0.342. The number of hydrogen-bond acceptors (Lipinski definition) is 4. The van der Waals surface area contributed by atoms with Gasteiger partial charge >= 0.3 is 0 Å². The highest BCUT2D eigenvalue weighted by Crippen LogP contribution is 2.27. The number of rotatable bonds is 4. The van der Waals surface area contributed by atoms with E-state index in [-0.39, 0.29) is 0 Å². The second-order valence-electron chi connectivity index (χ2n) is 4.91. The Morgan fingerprint density at radius 2 is 1.90 bits per heavy atom. The van der Waals surface area contributed by atoms with Crippen LogP contribution in [0.5, 0.6) is 5.75 Å². The van der Waals surface area contributed by atoms with Gasteiger partial charge in [-0.3, -0.25) is 4.99 Å². The van der Waals surface area contributed by atoms with Crippen molar-refractivity contribution in [3.05, 3.63) is 60.2 Å². The molecule has 1 aliphatic rings. The predicted molar refractivity (Wildman–Crippen MR) is 90.4 cm³/mol. The average Bonchev–Trinajstić information content (AvgIpc) is 2.96. The lowest BCUT2D eigenvalue weighted by Crippen LogP contribution is -2.08. The average molecular weight is 298 g/mol. The molecule has 1 unspecified atom stereocenters. The van der Waals surface area contributed by atoms with Crippen LogP contribution in [-0.2, 0) is 6.42 Å². The van der Waals surface area contributed by atoms with Crippen LogP contribution < -0.4 is 10.1 Å². The molecule has 1 atom stereocenters. The largest absolute Gasteiger partial charge is 0.495 e. The van der Waals surface area contributed by atoms with Crippen molar-refractivity contribution in [3.63, 3.8) is 0 Å². The Hall–Kier alpha value is -1.94. The molecule has 0 saturated carbocycles. The Morgan fingerprint density at radius 3 is 2.71 bits per heavy atom. The summed E-state index contributed by atoms with van der Waals surface area (Å²) in [7, 11) is 1.68. The third kappa shape index (κ3) is 3.58. The molecule has 4 heteroatoms. The van der Waals surface area contributed by atoms with Crippen molar-refractivity contribution in [1.82, 2.24) is 0 Å². The summed E-state index contributed by atoms with van der Waals surface area (Å²) >= 11 is 1.77. The molecule has 0 amide bonds. The third-order valence-corrected chi connectivity index (χ3v) is 4.41. The zero-order valence-corrected chi connectivity index (χ0v) is 12.8. The van der Waals surface area contributed by atoms with E-state index in [9.17, 15) is 0 Å². The van der Waals surface area contributed by atoms with Gasteiger partial charge in [-0.2, -0.15) is 0 Å². The highest BCUT2D eigenvalue weighted by atomic mass is 32.2. The molecule has 2 aromatic carbocycles. The fourth-order valence-corrected chi connectivity index (χ4v) is 3.29. The molecular weight excluding hydrogens is 280 g/mol. The van der Waals surface area contributed by atoms with Crippen molar-refractivity contribution < 1.29 is 4.74 Å². The van der Waals surface area contributed by atoms with Gasteiger partial charge in [-0.15, -0.1) is 0 Å². The summed E-state index contributed by atoms with van der Waals surface area (Å²) in [6, 6.07) is 18.8. The molecule has 1 N–H and O–H groups in total. The molecule has 108 valence electrons. The molecule has 3 nitrogen and oxygen atoms in total. The van der Waals surface area contributed by atoms with Gasteiger partial charge in [0.15, 0.2) is 5.17 Å². The van der Waals surface area contributed by atoms with Crippen LogP contribution in [0.25, 0.3) is 0 Å². The lowest BCUT2D eigenvalue weighted by molar-refractivity contribution is 0.417. The smallest absolute Gasteiger partial charge is 0.161 e. The molecule has 0 bridgehead atoms. The Balaban J connectivity index is 1.66. The van der Waals surface area contributed by atoms with Crippen LogP contribution >= 0.6 is 11.8 Å². The van der Waals surface area contributed by atoms with Gasteiger partial charge in [0.2, 0.25) is 0 Å². The van der Waals surface area contributed by atoms with E-state index in [4.69, 9.17) is 9.73 Å². The van der Waals surface area contributed by atoms with Gasteiger partial charge < -0.3 is 10.1 Å². The van der Waals surface area contributed by atoms with Gasteiger partial charge in [0.1, 0.15) is 5.75 Å². The maximum Gasteiger partial charge on any atom is 0.161 e. The number of nitrogens with one attached hydrogen (secondary N) is 1. The summed E-state index contributed by atoms with van der Waals surface area (Å²) < 4.78 is 5.35. The van der Waals surface area contributed by atoms with Gasteiger partial charge in [0.25, 0.3) is 0 Å². The van der Waals surface area contributed by atoms with Crippen molar-refractivity contribution in [2.75, 3.05) is 18.2 Å². The Morgan fingerprint density at radius 1 is 1.14 bits per heavy atom. The van der Waals surface area contributed by atoms with Crippen molar-refractivity contribution in [2.45, 2.75) is 12.5 Å². The SMILES string of the molecule is COc1ccccc1NC1=NC(Cc2ccccc2)CS1. The maximum absolute atomic E-state index is 5.35. The van der Waals surface area contributed by atoms with Gasteiger partial charge in [-0.25, -0.2) is 0 Å². The molecule has 3 rings (SSSR count). The molecule has 0 aliphatic carbocycles. The summed E-state index contributed by atoms with van der Waals surface area (Å²) in [6.45, 7) is 0. The normalized spacial score (nSPS) is 17.4. The number of methoxy groups -OCH3 is 1. The quantitative estimate of drug-likeness (QED) is 0.931. The Kier molecular flexibility index (Phi) is 4.46. The van der Waals surface area contributed by atoms with Crippen LogP contribution in [0.3, 0.4) is 0 Å². The molecule has 1 heterocycles. The van der Waals surface area contributed by atoms with Crippen molar-refractivity contribution in [2.24, 2.45) is 4.99 Å². The summed E-state index contributed by atoms with van der Waals surface area (Å²) in [6.07, 6.45) is 0.991. The Bertz CT molecular complexity index is 628. The van der Waals surface area contributed by atoms with E-state index in [1.807, 2.05) is 30.3 Å². The number of ether oxygens (including phenoxy) is 1. The van der Waals surface area contributed by atoms with Crippen LogP contribution in [0.4, 0.5) is 5.69 Å². The van der Waals surface area contributed by atoms with E-state index in [0.717, 1.165) is 28.8 Å². The third-order valence-electron chi connectivity index (χ3n) is 3.37. The van der Waals surface area contributed by atoms with Crippen molar-refractivity contribution >= 4 is 22.6 Å². The number of anilines is 1. The highest BCUT2D eigenvalue weighted by Gasteiger charge is 2.19. The molecule has 2 aromatic rings. The van der Waals surface area contributed by atoms with Gasteiger partial charge in [0, 0.05) is 5.75 Å². The zero-order chi connectivity index (χ0) is 14.5. The first-order valence-corrected chi connectivity index (χ1v) is 7.98. The highest BCUT2D eigenvalue weighted by molar-refractivity contribution is 8.14. The molecule has 1 aliphatic heterocycles. The van der Waals surface area contributed by atoms with E-state index in [0.29, 0.717) is 6.04 Å². The second-order valence-corrected chi connectivity index (χ2v) is 5.92. The molecule has 0 aromatic heterocycles. The topological polar surface area (TPSA) is 33.6 Å². The van der Waals surface area contributed by atoms with Crippen molar-refractivity contribution in [1.29, 1.82) is 0 Å². The summed E-state index contributed by atoms with van der Waals surface area (Å²) in [4.78, 5) is 4.77. The summed E-state index contributed by atoms with van der Waals surface area (Å²) in [5.74, 6) is 1.86. The molecule has 0 spiro atoms. The lowest BCUT2D eigenvalue weighted by Gasteiger charge is -2.09. The molecule has 0 saturated heterocycles. The second kappa shape index (κ2) is 6.68. The summed E-state index contributed by atoms with van der Waals surface area (Å²) in [5, 5.41) is 4.34. The molecule has 0 radical (unpaired) electrons. The molecule has 0 fully saturated rings. The first kappa shape index (κ1) is 14.0. The van der Waals surface area contributed by atoms with E-state index >= 15 is 0 Å². The number of thioether (sulfide) groups is 1.